The van der Waals surface area contributed by atoms with Crippen LogP contribution in [0.5, 0.6) is 0 Å². The molecule has 13 aromatic rings. The molecule has 0 N–H and O–H groups in total. The largest absolute Gasteiger partial charge is 0.135 e. The zero-order valence-electron chi connectivity index (χ0n) is 33.4. The van der Waals surface area contributed by atoms with Crippen molar-refractivity contribution in [2.45, 2.75) is 0 Å². The van der Waals surface area contributed by atoms with Crippen LogP contribution in [0.2, 0.25) is 0 Å². The zero-order chi connectivity index (χ0) is 40.5. The Bertz CT molecular complexity index is 4050. The Hall–Kier alpha value is -7.36. The van der Waals surface area contributed by atoms with Gasteiger partial charge >= 0.3 is 0 Å². The van der Waals surface area contributed by atoms with Gasteiger partial charge in [0.15, 0.2) is 0 Å². The van der Waals surface area contributed by atoms with Crippen LogP contribution in [0.15, 0.2) is 206 Å². The van der Waals surface area contributed by atoms with Gasteiger partial charge in [-0.3, -0.25) is 0 Å². The smallest absolute Gasteiger partial charge is 0.0355 e. The van der Waals surface area contributed by atoms with Gasteiger partial charge in [0.2, 0.25) is 0 Å². The van der Waals surface area contributed by atoms with Gasteiger partial charge in [0.05, 0.1) is 0 Å². The molecule has 2 heterocycles. The fourth-order valence-electron chi connectivity index (χ4n) is 10.6. The zero-order valence-corrected chi connectivity index (χ0v) is 35.1. The first-order valence-corrected chi connectivity index (χ1v) is 22.9. The van der Waals surface area contributed by atoms with Crippen LogP contribution in [-0.2, 0) is 0 Å². The molecule has 0 saturated heterocycles. The van der Waals surface area contributed by atoms with Gasteiger partial charge in [-0.05, 0) is 154 Å². The van der Waals surface area contributed by atoms with E-state index >= 15 is 0 Å². The Kier molecular flexibility index (Phi) is 7.24. The van der Waals surface area contributed by atoms with Crippen LogP contribution >= 0.6 is 22.7 Å². The summed E-state index contributed by atoms with van der Waals surface area (Å²) < 4.78 is 5.30. The van der Waals surface area contributed by atoms with Crippen LogP contribution in [0.1, 0.15) is 0 Å². The second kappa shape index (κ2) is 13.1. The molecular weight excluding hydrogens is 785 g/mol. The predicted molar refractivity (Wildman–Crippen MR) is 271 cm³/mol. The number of thiophene rings is 2. The van der Waals surface area contributed by atoms with E-state index in [1.165, 1.54) is 139 Å². The molecule has 0 spiro atoms. The first-order chi connectivity index (χ1) is 30.7. The van der Waals surface area contributed by atoms with E-state index in [1.807, 2.05) is 22.7 Å². The molecule has 0 bridgehead atoms. The minimum atomic E-state index is 1.22. The van der Waals surface area contributed by atoms with Crippen molar-refractivity contribution in [2.24, 2.45) is 0 Å². The summed E-state index contributed by atoms with van der Waals surface area (Å²) in [7, 11) is 0. The van der Waals surface area contributed by atoms with Gasteiger partial charge in [-0.15, -0.1) is 22.7 Å². The normalized spacial score (nSPS) is 12.2. The number of fused-ring (bicyclic) bond motifs is 20. The number of hydrogen-bond donors (Lipinski definition) is 0. The summed E-state index contributed by atoms with van der Waals surface area (Å²) in [6.45, 7) is 0. The summed E-state index contributed by atoms with van der Waals surface area (Å²) in [5, 5.41) is 13.0. The highest BCUT2D eigenvalue weighted by Crippen LogP contribution is 2.53. The summed E-state index contributed by atoms with van der Waals surface area (Å²) in [6, 6.07) is 78.0. The van der Waals surface area contributed by atoms with Gasteiger partial charge in [0.25, 0.3) is 0 Å². The quantitative estimate of drug-likeness (QED) is 0.152. The average molecular weight is 819 g/mol. The maximum absolute atomic E-state index is 2.51. The van der Waals surface area contributed by atoms with Crippen molar-refractivity contribution in [3.8, 4) is 66.8 Å². The van der Waals surface area contributed by atoms with E-state index in [9.17, 15) is 0 Å². The Morgan fingerprint density at radius 2 is 0.597 bits per heavy atom. The molecule has 0 amide bonds. The third-order valence-corrected chi connectivity index (χ3v) is 15.7. The van der Waals surface area contributed by atoms with Gasteiger partial charge in [-0.1, -0.05) is 152 Å². The topological polar surface area (TPSA) is 0 Å². The molecule has 0 nitrogen and oxygen atoms in total. The lowest BCUT2D eigenvalue weighted by Crippen LogP contribution is -2.00. The van der Waals surface area contributed by atoms with Gasteiger partial charge in [0, 0.05) is 40.3 Å². The van der Waals surface area contributed by atoms with E-state index in [2.05, 4.69) is 206 Å². The maximum Gasteiger partial charge on any atom is 0.0355 e. The van der Waals surface area contributed by atoms with Crippen LogP contribution in [0.4, 0.5) is 0 Å². The summed E-state index contributed by atoms with van der Waals surface area (Å²) in [4.78, 5) is 0. The fraction of sp³-hybridized carbons (Fsp3) is 0. The first kappa shape index (κ1) is 34.4. The Balaban J connectivity index is 1.10. The van der Waals surface area contributed by atoms with Gasteiger partial charge < -0.3 is 0 Å². The summed E-state index contributed by atoms with van der Waals surface area (Å²) in [6.07, 6.45) is 0. The van der Waals surface area contributed by atoms with Crippen molar-refractivity contribution < 1.29 is 0 Å². The molecule has 62 heavy (non-hydrogen) atoms. The molecule has 0 atom stereocenters. The molecular formula is C60H34S2. The van der Waals surface area contributed by atoms with Gasteiger partial charge in [0.1, 0.15) is 0 Å². The van der Waals surface area contributed by atoms with E-state index in [1.54, 1.807) is 0 Å². The highest BCUT2D eigenvalue weighted by Gasteiger charge is 2.26. The molecule has 2 heteroatoms. The van der Waals surface area contributed by atoms with E-state index in [0.717, 1.165) is 0 Å². The first-order valence-electron chi connectivity index (χ1n) is 21.3. The lowest BCUT2D eigenvalue weighted by atomic mass is 9.76. The third kappa shape index (κ3) is 4.94. The molecule has 1 aliphatic carbocycles. The van der Waals surface area contributed by atoms with Crippen LogP contribution in [0.25, 0.3) is 139 Å². The van der Waals surface area contributed by atoms with Crippen molar-refractivity contribution in [3.63, 3.8) is 0 Å². The van der Waals surface area contributed by atoms with Crippen molar-refractivity contribution in [2.75, 3.05) is 0 Å². The Labute approximate surface area is 366 Å². The highest BCUT2D eigenvalue weighted by molar-refractivity contribution is 7.26. The second-order valence-corrected chi connectivity index (χ2v) is 18.9. The van der Waals surface area contributed by atoms with Crippen LogP contribution in [-0.4, -0.2) is 0 Å². The number of benzene rings is 11. The van der Waals surface area contributed by atoms with E-state index in [-0.39, 0.29) is 0 Å². The molecule has 286 valence electrons. The Morgan fingerprint density at radius 1 is 0.194 bits per heavy atom. The number of hydrogen-bond acceptors (Lipinski definition) is 2. The molecule has 0 fully saturated rings. The summed E-state index contributed by atoms with van der Waals surface area (Å²) >= 11 is 3.75. The van der Waals surface area contributed by atoms with Crippen LogP contribution in [0.3, 0.4) is 0 Å². The lowest BCUT2D eigenvalue weighted by Gasteiger charge is -2.26. The maximum atomic E-state index is 2.51. The molecule has 0 radical (unpaired) electrons. The fourth-order valence-corrected chi connectivity index (χ4v) is 12.8. The molecule has 14 rings (SSSR count). The second-order valence-electron chi connectivity index (χ2n) is 16.7. The van der Waals surface area contributed by atoms with Gasteiger partial charge in [-0.25, -0.2) is 0 Å². The Morgan fingerprint density at radius 3 is 1.21 bits per heavy atom. The van der Waals surface area contributed by atoms with Crippen molar-refractivity contribution >= 4 is 95.3 Å². The van der Waals surface area contributed by atoms with E-state index in [0.29, 0.717) is 0 Å². The minimum absolute atomic E-state index is 1.22. The van der Waals surface area contributed by atoms with Crippen molar-refractivity contribution in [1.29, 1.82) is 0 Å². The van der Waals surface area contributed by atoms with Crippen molar-refractivity contribution in [3.05, 3.63) is 206 Å². The monoisotopic (exact) mass is 818 g/mol. The van der Waals surface area contributed by atoms with E-state index in [4.69, 9.17) is 0 Å². The molecule has 2 aromatic heterocycles. The highest BCUT2D eigenvalue weighted by atomic mass is 32.1. The van der Waals surface area contributed by atoms with Crippen LogP contribution < -0.4 is 0 Å². The summed E-state index contributed by atoms with van der Waals surface area (Å²) in [5.41, 5.74) is 15.0. The molecule has 0 saturated carbocycles. The predicted octanol–water partition coefficient (Wildman–Crippen LogP) is 18.2. The summed E-state index contributed by atoms with van der Waals surface area (Å²) in [5.74, 6) is 0. The molecule has 11 aromatic carbocycles. The standard InChI is InChI=1S/C60H34S2/c1-3-14-41-39(12-1)40-13-2-4-15-42(40)51-34-53-47-21-11-20-38(37-26-29-59-55(32-37)46-19-8-10-23-57(46)62-59)60(47)48-27-24-35(30-49(48)43-16-5-6-17-44(43)52(53)33-50(41)51)36-25-28-58-54(31-36)45-18-7-9-22-56(45)61-58/h1-34H. The van der Waals surface area contributed by atoms with E-state index < -0.39 is 0 Å². The lowest BCUT2D eigenvalue weighted by molar-refractivity contribution is 1.52. The number of rotatable bonds is 2. The SMILES string of the molecule is c1ccc2c(c1)-c1cc3c4ccccc4c4ccccc4c3cc1-c1cccc(-c3ccc4sc5ccccc5c4c3)c1-c1ccc(-c3ccc4sc5ccccc5c4c3)cc1-2. The van der Waals surface area contributed by atoms with Gasteiger partial charge in [-0.2, -0.15) is 0 Å². The molecule has 1 aliphatic rings. The third-order valence-electron chi connectivity index (χ3n) is 13.4. The average Bonchev–Trinajstić information content (AvgIpc) is 3.91. The van der Waals surface area contributed by atoms with Crippen molar-refractivity contribution in [1.82, 2.24) is 0 Å². The molecule has 0 aliphatic heterocycles. The minimum Gasteiger partial charge on any atom is -0.135 e. The van der Waals surface area contributed by atoms with Crippen LogP contribution in [0, 0.1) is 0 Å². The molecule has 0 unspecified atom stereocenters.